The number of hydrogen-bond donors (Lipinski definition) is 1. The Hall–Kier alpha value is -1.16. The summed E-state index contributed by atoms with van der Waals surface area (Å²) in [7, 11) is 0. The molecule has 2 N–H and O–H groups in total. The van der Waals surface area contributed by atoms with Gasteiger partial charge in [-0.25, -0.2) is 9.37 Å². The standard InChI is InChI=1S/C15H15Cl2FN2/c1-15(2,8-19)10-6-13(20-14(17)7-10)9-3-4-12(18)11(16)5-9/h3-7H,8,19H2,1-2H3. The van der Waals surface area contributed by atoms with Crippen molar-refractivity contribution in [3.8, 4) is 11.3 Å². The molecule has 0 atom stereocenters. The van der Waals surface area contributed by atoms with Crippen molar-refractivity contribution in [2.45, 2.75) is 19.3 Å². The smallest absolute Gasteiger partial charge is 0.141 e. The van der Waals surface area contributed by atoms with Gasteiger partial charge in [-0.2, -0.15) is 0 Å². The van der Waals surface area contributed by atoms with Gasteiger partial charge < -0.3 is 5.73 Å². The van der Waals surface area contributed by atoms with Crippen molar-refractivity contribution >= 4 is 23.2 Å². The molecule has 5 heteroatoms. The van der Waals surface area contributed by atoms with Crippen molar-refractivity contribution in [2.24, 2.45) is 5.73 Å². The van der Waals surface area contributed by atoms with E-state index in [2.05, 4.69) is 4.98 Å². The monoisotopic (exact) mass is 312 g/mol. The summed E-state index contributed by atoms with van der Waals surface area (Å²) in [4.78, 5) is 4.27. The number of benzene rings is 1. The Kier molecular flexibility index (Phi) is 4.33. The van der Waals surface area contributed by atoms with Crippen LogP contribution < -0.4 is 5.73 Å². The van der Waals surface area contributed by atoms with Gasteiger partial charge in [0.1, 0.15) is 11.0 Å². The van der Waals surface area contributed by atoms with Gasteiger partial charge in [0.05, 0.1) is 10.7 Å². The van der Waals surface area contributed by atoms with E-state index >= 15 is 0 Å². The van der Waals surface area contributed by atoms with Crippen LogP contribution in [0.2, 0.25) is 10.2 Å². The first-order valence-corrected chi connectivity index (χ1v) is 6.92. The summed E-state index contributed by atoms with van der Waals surface area (Å²) >= 11 is 11.9. The van der Waals surface area contributed by atoms with Crippen LogP contribution in [0.4, 0.5) is 4.39 Å². The molecule has 0 aliphatic heterocycles. The first kappa shape index (κ1) is 15.2. The fraction of sp³-hybridized carbons (Fsp3) is 0.267. The fourth-order valence-corrected chi connectivity index (χ4v) is 2.20. The van der Waals surface area contributed by atoms with Crippen molar-refractivity contribution in [2.75, 3.05) is 6.54 Å². The van der Waals surface area contributed by atoms with Crippen LogP contribution in [-0.2, 0) is 5.41 Å². The van der Waals surface area contributed by atoms with E-state index < -0.39 is 5.82 Å². The van der Waals surface area contributed by atoms with Crippen molar-refractivity contribution in [3.05, 3.63) is 51.9 Å². The van der Waals surface area contributed by atoms with E-state index in [4.69, 9.17) is 28.9 Å². The Labute approximate surface area is 127 Å². The molecule has 0 amide bonds. The highest BCUT2D eigenvalue weighted by Gasteiger charge is 2.20. The first-order chi connectivity index (χ1) is 9.33. The third-order valence-electron chi connectivity index (χ3n) is 3.30. The molecule has 0 unspecified atom stereocenters. The van der Waals surface area contributed by atoms with E-state index in [9.17, 15) is 4.39 Å². The van der Waals surface area contributed by atoms with Gasteiger partial charge in [0, 0.05) is 17.5 Å². The van der Waals surface area contributed by atoms with Gasteiger partial charge in [0.25, 0.3) is 0 Å². The van der Waals surface area contributed by atoms with Gasteiger partial charge in [-0.3, -0.25) is 0 Å². The number of hydrogen-bond acceptors (Lipinski definition) is 2. The van der Waals surface area contributed by atoms with Crippen LogP contribution in [0.15, 0.2) is 30.3 Å². The third kappa shape index (κ3) is 3.11. The van der Waals surface area contributed by atoms with Gasteiger partial charge in [-0.15, -0.1) is 0 Å². The molecule has 0 aliphatic carbocycles. The predicted octanol–water partition coefficient (Wildman–Crippen LogP) is 4.43. The molecule has 0 spiro atoms. The lowest BCUT2D eigenvalue weighted by Crippen LogP contribution is -2.28. The molecule has 0 bridgehead atoms. The normalized spacial score (nSPS) is 11.7. The van der Waals surface area contributed by atoms with Crippen LogP contribution in [0.25, 0.3) is 11.3 Å². The molecule has 1 aromatic heterocycles. The Balaban J connectivity index is 2.55. The lowest BCUT2D eigenvalue weighted by molar-refractivity contribution is 0.538. The second-order valence-electron chi connectivity index (χ2n) is 5.28. The topological polar surface area (TPSA) is 38.9 Å². The van der Waals surface area contributed by atoms with E-state index in [0.717, 1.165) is 5.56 Å². The van der Waals surface area contributed by atoms with Gasteiger partial charge >= 0.3 is 0 Å². The number of rotatable bonds is 3. The number of nitrogens with two attached hydrogens (primary N) is 1. The van der Waals surface area contributed by atoms with Crippen LogP contribution in [0.5, 0.6) is 0 Å². The lowest BCUT2D eigenvalue weighted by atomic mass is 9.84. The molecule has 1 heterocycles. The molecule has 0 saturated carbocycles. The molecule has 106 valence electrons. The minimum absolute atomic E-state index is 0.0592. The zero-order chi connectivity index (χ0) is 14.9. The van der Waals surface area contributed by atoms with Gasteiger partial charge in [0.2, 0.25) is 0 Å². The minimum atomic E-state index is -0.458. The maximum Gasteiger partial charge on any atom is 0.141 e. The summed E-state index contributed by atoms with van der Waals surface area (Å²) < 4.78 is 13.2. The van der Waals surface area contributed by atoms with Crippen molar-refractivity contribution < 1.29 is 4.39 Å². The second kappa shape index (κ2) is 5.68. The van der Waals surface area contributed by atoms with Crippen LogP contribution >= 0.6 is 23.2 Å². The lowest BCUT2D eigenvalue weighted by Gasteiger charge is -2.23. The van der Waals surface area contributed by atoms with Crippen LogP contribution in [0.3, 0.4) is 0 Å². The van der Waals surface area contributed by atoms with Crippen LogP contribution in [0, 0.1) is 5.82 Å². The molecule has 0 fully saturated rings. The second-order valence-corrected chi connectivity index (χ2v) is 6.08. The van der Waals surface area contributed by atoms with E-state index in [1.165, 1.54) is 12.1 Å². The highest BCUT2D eigenvalue weighted by atomic mass is 35.5. The molecule has 0 radical (unpaired) electrons. The highest BCUT2D eigenvalue weighted by molar-refractivity contribution is 6.31. The molecule has 2 nitrogen and oxygen atoms in total. The van der Waals surface area contributed by atoms with Gasteiger partial charge in [0.15, 0.2) is 0 Å². The first-order valence-electron chi connectivity index (χ1n) is 6.17. The van der Waals surface area contributed by atoms with Crippen LogP contribution in [0.1, 0.15) is 19.4 Å². The molecule has 1 aromatic carbocycles. The summed E-state index contributed by atoms with van der Waals surface area (Å²) in [5.74, 6) is -0.458. The third-order valence-corrected chi connectivity index (χ3v) is 3.78. The summed E-state index contributed by atoms with van der Waals surface area (Å²) in [5, 5.41) is 0.434. The quantitative estimate of drug-likeness (QED) is 0.851. The average Bonchev–Trinajstić information content (AvgIpc) is 2.41. The molecule has 2 aromatic rings. The Morgan fingerprint density at radius 1 is 1.20 bits per heavy atom. The Morgan fingerprint density at radius 2 is 1.90 bits per heavy atom. The zero-order valence-corrected chi connectivity index (χ0v) is 12.8. The molecular weight excluding hydrogens is 298 g/mol. The van der Waals surface area contributed by atoms with Gasteiger partial charge in [-0.1, -0.05) is 37.0 Å². The highest BCUT2D eigenvalue weighted by Crippen LogP contribution is 2.30. The minimum Gasteiger partial charge on any atom is -0.330 e. The predicted molar refractivity (Wildman–Crippen MR) is 81.7 cm³/mol. The molecule has 0 saturated heterocycles. The zero-order valence-electron chi connectivity index (χ0n) is 11.3. The summed E-state index contributed by atoms with van der Waals surface area (Å²) in [5.41, 5.74) is 7.92. The molecular formula is C15H15Cl2FN2. The summed E-state index contributed by atoms with van der Waals surface area (Å²) in [6.45, 7) is 4.54. The maximum atomic E-state index is 13.2. The molecule has 0 aliphatic rings. The fourth-order valence-electron chi connectivity index (χ4n) is 1.81. The van der Waals surface area contributed by atoms with Crippen molar-refractivity contribution in [3.63, 3.8) is 0 Å². The number of nitrogens with zero attached hydrogens (tertiary/aromatic N) is 1. The molecule has 2 rings (SSSR count). The van der Waals surface area contributed by atoms with E-state index in [1.54, 1.807) is 12.1 Å². The summed E-state index contributed by atoms with van der Waals surface area (Å²) in [6.07, 6.45) is 0. The Morgan fingerprint density at radius 3 is 2.50 bits per heavy atom. The van der Waals surface area contributed by atoms with E-state index in [1.807, 2.05) is 19.9 Å². The van der Waals surface area contributed by atoms with Crippen LogP contribution in [-0.4, -0.2) is 11.5 Å². The van der Waals surface area contributed by atoms with E-state index in [0.29, 0.717) is 23.0 Å². The summed E-state index contributed by atoms with van der Waals surface area (Å²) in [6, 6.07) is 8.17. The SMILES string of the molecule is CC(C)(CN)c1cc(Cl)nc(-c2ccc(F)c(Cl)c2)c1. The van der Waals surface area contributed by atoms with Gasteiger partial charge in [-0.05, 0) is 35.9 Å². The number of aromatic nitrogens is 1. The van der Waals surface area contributed by atoms with Crippen molar-refractivity contribution in [1.82, 2.24) is 4.98 Å². The molecule has 20 heavy (non-hydrogen) atoms. The largest absolute Gasteiger partial charge is 0.330 e. The Bertz CT molecular complexity index is 642. The van der Waals surface area contributed by atoms with Crippen molar-refractivity contribution in [1.29, 1.82) is 0 Å². The maximum absolute atomic E-state index is 13.2. The van der Waals surface area contributed by atoms with E-state index in [-0.39, 0.29) is 10.4 Å². The average molecular weight is 313 g/mol. The number of pyridine rings is 1. The number of halogens is 3.